The lowest BCUT2D eigenvalue weighted by molar-refractivity contribution is -0.150. The van der Waals surface area contributed by atoms with Gasteiger partial charge < -0.3 is 14.9 Å². The first-order valence-electron chi connectivity index (χ1n) is 4.37. The minimum absolute atomic E-state index is 0. The molecule has 2 atom stereocenters. The van der Waals surface area contributed by atoms with Crippen LogP contribution < -0.4 is 5.73 Å². The third-order valence-corrected chi connectivity index (χ3v) is 1.95. The molecule has 16 heavy (non-hydrogen) atoms. The van der Waals surface area contributed by atoms with E-state index in [0.29, 0.717) is 0 Å². The summed E-state index contributed by atoms with van der Waals surface area (Å²) in [6.45, 7) is 1.69. The van der Waals surface area contributed by atoms with Gasteiger partial charge in [-0.05, 0) is 30.7 Å². The molecular weight excluding hydrogens is 260 g/mol. The lowest BCUT2D eigenvalue weighted by Crippen LogP contribution is -2.31. The second kappa shape index (κ2) is 6.73. The van der Waals surface area contributed by atoms with Crippen LogP contribution in [0.1, 0.15) is 18.7 Å². The molecule has 0 aliphatic carbocycles. The molecule has 0 bridgehead atoms. The van der Waals surface area contributed by atoms with Crippen LogP contribution in [0.4, 0.5) is 4.39 Å². The summed E-state index contributed by atoms with van der Waals surface area (Å²) < 4.78 is 22.7. The summed E-state index contributed by atoms with van der Waals surface area (Å²) in [6, 6.07) is 1.64. The van der Waals surface area contributed by atoms with Crippen LogP contribution in [0.25, 0.3) is 0 Å². The number of ether oxygens (including phenoxy) is 1. The highest BCUT2D eigenvalue weighted by Gasteiger charge is 2.29. The van der Waals surface area contributed by atoms with E-state index in [9.17, 15) is 9.18 Å². The lowest BCUT2D eigenvalue weighted by Gasteiger charge is -2.12. The average Bonchev–Trinajstić information content (AvgIpc) is 2.63. The van der Waals surface area contributed by atoms with E-state index in [2.05, 4.69) is 4.74 Å². The summed E-state index contributed by atoms with van der Waals surface area (Å²) in [6.07, 6.45) is -1.95. The van der Waals surface area contributed by atoms with E-state index in [1.807, 2.05) is 0 Å². The standard InChI is InChI=1S/C9H11ClFNO3.ClH/c1-2-14-9(13)7(11)8(12)5-3-4-6(10)15-5;/h3-4,7-8H,2,12H2,1H3;1H/t7?,8-;/m0./s1. The summed E-state index contributed by atoms with van der Waals surface area (Å²) in [5.41, 5.74) is 5.45. The Hall–Kier alpha value is -0.780. The van der Waals surface area contributed by atoms with Gasteiger partial charge in [0.2, 0.25) is 6.17 Å². The molecular formula is C9H12Cl2FNO3. The minimum Gasteiger partial charge on any atom is -0.464 e. The summed E-state index contributed by atoms with van der Waals surface area (Å²) in [5, 5.41) is 0.0940. The highest BCUT2D eigenvalue weighted by molar-refractivity contribution is 6.28. The molecule has 1 aromatic heterocycles. The maximum atomic E-state index is 13.4. The fourth-order valence-electron chi connectivity index (χ4n) is 1.02. The predicted molar refractivity (Wildman–Crippen MR) is 59.4 cm³/mol. The SMILES string of the molecule is CCOC(=O)C(F)[C@@H](N)c1ccc(Cl)o1.Cl. The molecule has 7 heteroatoms. The van der Waals surface area contributed by atoms with Crippen LogP contribution in [0.15, 0.2) is 16.5 Å². The molecule has 1 aromatic rings. The summed E-state index contributed by atoms with van der Waals surface area (Å²) in [4.78, 5) is 11.0. The molecule has 0 saturated carbocycles. The molecule has 4 nitrogen and oxygen atoms in total. The second-order valence-electron chi connectivity index (χ2n) is 2.82. The van der Waals surface area contributed by atoms with Crippen molar-refractivity contribution in [3.8, 4) is 0 Å². The second-order valence-corrected chi connectivity index (χ2v) is 3.19. The molecule has 1 heterocycles. The van der Waals surface area contributed by atoms with Gasteiger partial charge in [-0.15, -0.1) is 12.4 Å². The molecule has 1 unspecified atom stereocenters. The van der Waals surface area contributed by atoms with Gasteiger partial charge in [0.25, 0.3) is 0 Å². The number of alkyl halides is 1. The van der Waals surface area contributed by atoms with Gasteiger partial charge in [-0.25, -0.2) is 9.18 Å². The zero-order chi connectivity index (χ0) is 11.4. The van der Waals surface area contributed by atoms with Crippen LogP contribution in [0.3, 0.4) is 0 Å². The molecule has 2 N–H and O–H groups in total. The number of carbonyl (C=O) groups excluding carboxylic acids is 1. The topological polar surface area (TPSA) is 65.5 Å². The fourth-order valence-corrected chi connectivity index (χ4v) is 1.17. The Balaban J connectivity index is 0.00000225. The van der Waals surface area contributed by atoms with Crippen molar-refractivity contribution in [1.29, 1.82) is 0 Å². The third-order valence-electron chi connectivity index (χ3n) is 1.75. The number of rotatable bonds is 4. The van der Waals surface area contributed by atoms with Gasteiger partial charge in [0, 0.05) is 0 Å². The molecule has 0 amide bonds. The summed E-state index contributed by atoms with van der Waals surface area (Å²) in [7, 11) is 0. The van der Waals surface area contributed by atoms with Crippen LogP contribution >= 0.6 is 24.0 Å². The molecule has 0 spiro atoms. The van der Waals surface area contributed by atoms with E-state index in [1.54, 1.807) is 6.92 Å². The normalized spacial score (nSPS) is 13.8. The Kier molecular flexibility index (Phi) is 6.40. The Morgan fingerprint density at radius 3 is 2.75 bits per heavy atom. The number of carbonyl (C=O) groups is 1. The minimum atomic E-state index is -1.95. The molecule has 0 aliphatic rings. The molecule has 0 radical (unpaired) electrons. The van der Waals surface area contributed by atoms with Gasteiger partial charge in [0.1, 0.15) is 11.8 Å². The Labute approximate surface area is 103 Å². The van der Waals surface area contributed by atoms with E-state index >= 15 is 0 Å². The first-order chi connectivity index (χ1) is 7.06. The largest absolute Gasteiger partial charge is 0.464 e. The van der Waals surface area contributed by atoms with Gasteiger partial charge in [-0.1, -0.05) is 0 Å². The first kappa shape index (κ1) is 15.2. The predicted octanol–water partition coefficient (Wildman–Crippen LogP) is 2.26. The van der Waals surface area contributed by atoms with Crippen molar-refractivity contribution in [1.82, 2.24) is 0 Å². The lowest BCUT2D eigenvalue weighted by atomic mass is 10.1. The fraction of sp³-hybridized carbons (Fsp3) is 0.444. The van der Waals surface area contributed by atoms with Crippen molar-refractivity contribution >= 4 is 30.0 Å². The molecule has 0 fully saturated rings. The van der Waals surface area contributed by atoms with Gasteiger partial charge in [-0.3, -0.25) is 0 Å². The highest BCUT2D eigenvalue weighted by Crippen LogP contribution is 2.22. The van der Waals surface area contributed by atoms with Crippen LogP contribution in [-0.4, -0.2) is 18.7 Å². The van der Waals surface area contributed by atoms with Crippen molar-refractivity contribution in [3.05, 3.63) is 23.1 Å². The van der Waals surface area contributed by atoms with Crippen LogP contribution in [0.2, 0.25) is 5.22 Å². The van der Waals surface area contributed by atoms with Gasteiger partial charge in [0.05, 0.1) is 6.61 Å². The van der Waals surface area contributed by atoms with E-state index in [1.165, 1.54) is 12.1 Å². The third kappa shape index (κ3) is 3.66. The van der Waals surface area contributed by atoms with Crippen molar-refractivity contribution in [3.63, 3.8) is 0 Å². The van der Waals surface area contributed by atoms with Gasteiger partial charge in [-0.2, -0.15) is 0 Å². The Bertz CT molecular complexity index is 345. The smallest absolute Gasteiger partial charge is 0.342 e. The number of furan rings is 1. The van der Waals surface area contributed by atoms with Crippen LogP contribution in [0, 0.1) is 0 Å². The number of hydrogen-bond donors (Lipinski definition) is 1. The monoisotopic (exact) mass is 271 g/mol. The maximum Gasteiger partial charge on any atom is 0.342 e. The van der Waals surface area contributed by atoms with Gasteiger partial charge >= 0.3 is 5.97 Å². The number of esters is 1. The molecule has 0 aromatic carbocycles. The quantitative estimate of drug-likeness (QED) is 0.854. The van der Waals surface area contributed by atoms with Crippen LogP contribution in [-0.2, 0) is 9.53 Å². The molecule has 92 valence electrons. The van der Waals surface area contributed by atoms with E-state index in [4.69, 9.17) is 21.8 Å². The average molecular weight is 272 g/mol. The van der Waals surface area contributed by atoms with Crippen molar-refractivity contribution in [2.24, 2.45) is 5.73 Å². The highest BCUT2D eigenvalue weighted by atomic mass is 35.5. The number of halogens is 3. The summed E-state index contributed by atoms with van der Waals surface area (Å²) >= 11 is 5.49. The van der Waals surface area contributed by atoms with Gasteiger partial charge in [0.15, 0.2) is 5.22 Å². The summed E-state index contributed by atoms with van der Waals surface area (Å²) in [5.74, 6) is -0.891. The number of nitrogens with two attached hydrogens (primary N) is 1. The van der Waals surface area contributed by atoms with E-state index < -0.39 is 18.2 Å². The van der Waals surface area contributed by atoms with Crippen molar-refractivity contribution in [2.45, 2.75) is 19.1 Å². The van der Waals surface area contributed by atoms with Crippen LogP contribution in [0.5, 0.6) is 0 Å². The molecule has 0 aliphatic heterocycles. The number of hydrogen-bond acceptors (Lipinski definition) is 4. The zero-order valence-corrected chi connectivity index (χ0v) is 10.1. The molecule has 1 rings (SSSR count). The molecule has 0 saturated heterocycles. The maximum absolute atomic E-state index is 13.4. The van der Waals surface area contributed by atoms with Crippen molar-refractivity contribution < 1.29 is 18.3 Å². The van der Waals surface area contributed by atoms with E-state index in [-0.39, 0.29) is 30.0 Å². The van der Waals surface area contributed by atoms with Crippen molar-refractivity contribution in [2.75, 3.05) is 6.61 Å². The Morgan fingerprint density at radius 1 is 1.69 bits per heavy atom. The first-order valence-corrected chi connectivity index (χ1v) is 4.75. The van der Waals surface area contributed by atoms with E-state index in [0.717, 1.165) is 0 Å². The zero-order valence-electron chi connectivity index (χ0n) is 8.48. The Morgan fingerprint density at radius 2 is 2.31 bits per heavy atom.